The zero-order chi connectivity index (χ0) is 13.0. The van der Waals surface area contributed by atoms with Crippen molar-refractivity contribution in [3.63, 3.8) is 0 Å². The number of carbonyl (C=O) groups is 1. The molecule has 18 heavy (non-hydrogen) atoms. The number of likely N-dealkylation sites (N-methyl/N-ethyl adjacent to an activating group) is 1. The number of nitrogens with zero attached hydrogens (tertiary/aromatic N) is 1. The molecule has 1 unspecified atom stereocenters. The fourth-order valence-electron chi connectivity index (χ4n) is 1.93. The van der Waals surface area contributed by atoms with Crippen LogP contribution in [-0.2, 0) is 6.42 Å². The molecule has 0 N–H and O–H groups in total. The highest BCUT2D eigenvalue weighted by Crippen LogP contribution is 2.16. The summed E-state index contributed by atoms with van der Waals surface area (Å²) in [5, 5.41) is 1.95. The Balaban J connectivity index is 2.17. The van der Waals surface area contributed by atoms with Crippen LogP contribution in [0, 0.1) is 0 Å². The van der Waals surface area contributed by atoms with E-state index in [1.165, 1.54) is 16.9 Å². The highest BCUT2D eigenvalue weighted by molar-refractivity contribution is 7.12. The van der Waals surface area contributed by atoms with Gasteiger partial charge in [0.15, 0.2) is 5.78 Å². The summed E-state index contributed by atoms with van der Waals surface area (Å²) in [4.78, 5) is 15.3. The molecule has 1 heterocycles. The number of benzene rings is 1. The number of rotatable bonds is 5. The first-order valence-corrected chi connectivity index (χ1v) is 6.84. The Kier molecular flexibility index (Phi) is 4.28. The van der Waals surface area contributed by atoms with Crippen molar-refractivity contribution >= 4 is 17.1 Å². The highest BCUT2D eigenvalue weighted by atomic mass is 32.1. The van der Waals surface area contributed by atoms with Gasteiger partial charge in [0, 0.05) is 0 Å². The topological polar surface area (TPSA) is 20.3 Å². The molecule has 1 aromatic heterocycles. The molecule has 0 spiro atoms. The second-order valence-electron chi connectivity index (χ2n) is 4.51. The lowest BCUT2D eigenvalue weighted by Crippen LogP contribution is -2.37. The van der Waals surface area contributed by atoms with Crippen LogP contribution in [0.15, 0.2) is 47.8 Å². The van der Waals surface area contributed by atoms with E-state index >= 15 is 0 Å². The minimum Gasteiger partial charge on any atom is -0.299 e. The average Bonchev–Trinajstić information content (AvgIpc) is 2.90. The first-order valence-electron chi connectivity index (χ1n) is 5.96. The van der Waals surface area contributed by atoms with Crippen molar-refractivity contribution in [1.29, 1.82) is 0 Å². The Morgan fingerprint density at radius 1 is 1.17 bits per heavy atom. The van der Waals surface area contributed by atoms with Crippen LogP contribution in [0.5, 0.6) is 0 Å². The van der Waals surface area contributed by atoms with E-state index in [1.54, 1.807) is 0 Å². The largest absolute Gasteiger partial charge is 0.299 e. The predicted octanol–water partition coefficient (Wildman–Crippen LogP) is 3.10. The van der Waals surface area contributed by atoms with Gasteiger partial charge in [-0.05, 0) is 37.5 Å². The van der Waals surface area contributed by atoms with Crippen LogP contribution in [0.4, 0.5) is 0 Å². The van der Waals surface area contributed by atoms with Crippen LogP contribution in [-0.4, -0.2) is 30.8 Å². The van der Waals surface area contributed by atoms with Gasteiger partial charge in [-0.3, -0.25) is 9.69 Å². The number of hydrogen-bond acceptors (Lipinski definition) is 3. The number of Topliss-reactive ketones (excluding diaryl/α,β-unsaturated/α-hetero) is 1. The van der Waals surface area contributed by atoms with Crippen molar-refractivity contribution in [2.24, 2.45) is 0 Å². The van der Waals surface area contributed by atoms with Crippen molar-refractivity contribution in [2.45, 2.75) is 12.5 Å². The lowest BCUT2D eigenvalue weighted by atomic mass is 10.0. The first kappa shape index (κ1) is 13.0. The monoisotopic (exact) mass is 259 g/mol. The third-order valence-corrected chi connectivity index (χ3v) is 3.85. The molecule has 94 valence electrons. The standard InChI is InChI=1S/C15H17NOS/c1-16(2)13(11-12-7-4-3-5-8-12)15(17)14-9-6-10-18-14/h3-10,13H,11H2,1-2H3. The lowest BCUT2D eigenvalue weighted by molar-refractivity contribution is 0.0879. The normalized spacial score (nSPS) is 12.6. The van der Waals surface area contributed by atoms with E-state index in [-0.39, 0.29) is 11.8 Å². The Bertz CT molecular complexity index is 490. The van der Waals surface area contributed by atoms with E-state index in [9.17, 15) is 4.79 Å². The van der Waals surface area contributed by atoms with E-state index in [1.807, 2.05) is 54.7 Å². The summed E-state index contributed by atoms with van der Waals surface area (Å²) in [6.45, 7) is 0. The van der Waals surface area contributed by atoms with Gasteiger partial charge in [-0.15, -0.1) is 11.3 Å². The Morgan fingerprint density at radius 2 is 1.89 bits per heavy atom. The maximum Gasteiger partial charge on any atom is 0.190 e. The quantitative estimate of drug-likeness (QED) is 0.769. The van der Waals surface area contributed by atoms with E-state index in [0.717, 1.165) is 11.3 Å². The van der Waals surface area contributed by atoms with Gasteiger partial charge in [-0.25, -0.2) is 0 Å². The van der Waals surface area contributed by atoms with Crippen molar-refractivity contribution in [2.75, 3.05) is 14.1 Å². The van der Waals surface area contributed by atoms with E-state index in [4.69, 9.17) is 0 Å². The van der Waals surface area contributed by atoms with E-state index in [0.29, 0.717) is 0 Å². The molecule has 2 rings (SSSR count). The van der Waals surface area contributed by atoms with Gasteiger partial charge in [0.25, 0.3) is 0 Å². The summed E-state index contributed by atoms with van der Waals surface area (Å²) in [5.74, 6) is 0.207. The molecular weight excluding hydrogens is 242 g/mol. The molecule has 0 saturated carbocycles. The molecule has 0 saturated heterocycles. The molecule has 2 nitrogen and oxygen atoms in total. The van der Waals surface area contributed by atoms with E-state index < -0.39 is 0 Å². The fourth-order valence-corrected chi connectivity index (χ4v) is 2.64. The van der Waals surface area contributed by atoms with Crippen LogP contribution >= 0.6 is 11.3 Å². The third kappa shape index (κ3) is 3.06. The Morgan fingerprint density at radius 3 is 2.44 bits per heavy atom. The summed E-state index contributed by atoms with van der Waals surface area (Å²) < 4.78 is 0. The zero-order valence-electron chi connectivity index (χ0n) is 10.7. The molecular formula is C15H17NOS. The van der Waals surface area contributed by atoms with Gasteiger partial charge >= 0.3 is 0 Å². The molecule has 0 aliphatic heterocycles. The molecule has 0 bridgehead atoms. The third-order valence-electron chi connectivity index (χ3n) is 2.96. The molecule has 2 aromatic rings. The van der Waals surface area contributed by atoms with Gasteiger partial charge in [-0.1, -0.05) is 36.4 Å². The summed E-state index contributed by atoms with van der Waals surface area (Å²) in [6.07, 6.45) is 0.755. The summed E-state index contributed by atoms with van der Waals surface area (Å²) in [6, 6.07) is 13.9. The second-order valence-corrected chi connectivity index (χ2v) is 5.46. The van der Waals surface area contributed by atoms with Gasteiger partial charge in [-0.2, -0.15) is 0 Å². The minimum atomic E-state index is -0.0916. The number of thiophene rings is 1. The maximum atomic E-state index is 12.4. The molecule has 0 radical (unpaired) electrons. The van der Waals surface area contributed by atoms with E-state index in [2.05, 4.69) is 12.1 Å². The minimum absolute atomic E-state index is 0.0916. The SMILES string of the molecule is CN(C)C(Cc1ccccc1)C(=O)c1cccs1. The second kappa shape index (κ2) is 5.94. The molecule has 0 aliphatic rings. The molecule has 0 fully saturated rings. The van der Waals surface area contributed by atoms with Crippen LogP contribution < -0.4 is 0 Å². The summed E-state index contributed by atoms with van der Waals surface area (Å²) >= 11 is 1.51. The predicted molar refractivity (Wildman–Crippen MR) is 76.3 cm³/mol. The van der Waals surface area contributed by atoms with Crippen molar-refractivity contribution in [1.82, 2.24) is 4.90 Å². The van der Waals surface area contributed by atoms with Gasteiger partial charge in [0.2, 0.25) is 0 Å². The zero-order valence-corrected chi connectivity index (χ0v) is 11.5. The van der Waals surface area contributed by atoms with Gasteiger partial charge < -0.3 is 0 Å². The molecule has 1 aromatic carbocycles. The van der Waals surface area contributed by atoms with Crippen LogP contribution in [0.1, 0.15) is 15.2 Å². The Labute approximate surface area is 112 Å². The van der Waals surface area contributed by atoms with Gasteiger partial charge in [0.1, 0.15) is 0 Å². The molecule has 3 heteroatoms. The van der Waals surface area contributed by atoms with Crippen LogP contribution in [0.3, 0.4) is 0 Å². The van der Waals surface area contributed by atoms with Gasteiger partial charge in [0.05, 0.1) is 10.9 Å². The highest BCUT2D eigenvalue weighted by Gasteiger charge is 2.23. The number of carbonyl (C=O) groups excluding carboxylic acids is 1. The van der Waals surface area contributed by atoms with Crippen LogP contribution in [0.2, 0.25) is 0 Å². The lowest BCUT2D eigenvalue weighted by Gasteiger charge is -2.22. The first-order chi connectivity index (χ1) is 8.68. The smallest absolute Gasteiger partial charge is 0.190 e. The average molecular weight is 259 g/mol. The number of hydrogen-bond donors (Lipinski definition) is 0. The van der Waals surface area contributed by atoms with Crippen molar-refractivity contribution in [3.05, 3.63) is 58.3 Å². The summed E-state index contributed by atoms with van der Waals surface area (Å²) in [7, 11) is 3.91. The van der Waals surface area contributed by atoms with Crippen molar-refractivity contribution < 1.29 is 4.79 Å². The number of ketones is 1. The Hall–Kier alpha value is -1.45. The molecule has 0 aliphatic carbocycles. The van der Waals surface area contributed by atoms with Crippen molar-refractivity contribution in [3.8, 4) is 0 Å². The maximum absolute atomic E-state index is 12.4. The molecule has 0 amide bonds. The molecule has 1 atom stereocenters. The fraction of sp³-hybridized carbons (Fsp3) is 0.267. The summed E-state index contributed by atoms with van der Waals surface area (Å²) in [5.41, 5.74) is 1.20. The van der Waals surface area contributed by atoms with Crippen LogP contribution in [0.25, 0.3) is 0 Å².